The Hall–Kier alpha value is -1.13. The number of nitrogens with zero attached hydrogens (tertiary/aromatic N) is 1. The van der Waals surface area contributed by atoms with Gasteiger partial charge in [-0.25, -0.2) is 4.39 Å². The van der Waals surface area contributed by atoms with Crippen LogP contribution in [0.15, 0.2) is 18.2 Å². The molecule has 0 spiro atoms. The molecular formula is C13H17FN2O. The van der Waals surface area contributed by atoms with Gasteiger partial charge in [-0.3, -0.25) is 4.90 Å². The standard InChI is InChI=1S/C13H17FN2O/c14-12-1-2-13(17)9(3-12)6-16-7-10-4-15-5-11(10)8-16/h1-3,10-11,15,17H,4-8H2/t10-,11+. The van der Waals surface area contributed by atoms with Crippen molar-refractivity contribution in [3.63, 3.8) is 0 Å². The summed E-state index contributed by atoms with van der Waals surface area (Å²) in [6, 6.07) is 4.16. The summed E-state index contributed by atoms with van der Waals surface area (Å²) in [5.41, 5.74) is 0.693. The fourth-order valence-corrected chi connectivity index (χ4v) is 3.00. The van der Waals surface area contributed by atoms with E-state index in [1.165, 1.54) is 18.2 Å². The van der Waals surface area contributed by atoms with Gasteiger partial charge in [0, 0.05) is 25.2 Å². The number of halogens is 1. The number of fused-ring (bicyclic) bond motifs is 1. The number of aromatic hydroxyl groups is 1. The first kappa shape index (κ1) is 11.0. The SMILES string of the molecule is Oc1ccc(F)cc1CN1C[C@H]2CNC[C@H]2C1. The summed E-state index contributed by atoms with van der Waals surface area (Å²) < 4.78 is 13.1. The zero-order chi connectivity index (χ0) is 11.8. The Morgan fingerprint density at radius 2 is 2.00 bits per heavy atom. The molecule has 2 aliphatic rings. The highest BCUT2D eigenvalue weighted by Gasteiger charge is 2.35. The lowest BCUT2D eigenvalue weighted by atomic mass is 10.0. The van der Waals surface area contributed by atoms with Gasteiger partial charge < -0.3 is 10.4 Å². The highest BCUT2D eigenvalue weighted by Crippen LogP contribution is 2.29. The van der Waals surface area contributed by atoms with Crippen LogP contribution in [0.4, 0.5) is 4.39 Å². The van der Waals surface area contributed by atoms with E-state index < -0.39 is 0 Å². The number of phenolic OH excluding ortho intramolecular Hbond substituents is 1. The smallest absolute Gasteiger partial charge is 0.123 e. The van der Waals surface area contributed by atoms with Crippen molar-refractivity contribution in [1.29, 1.82) is 0 Å². The van der Waals surface area contributed by atoms with Crippen molar-refractivity contribution in [1.82, 2.24) is 10.2 Å². The van der Waals surface area contributed by atoms with Gasteiger partial charge in [0.25, 0.3) is 0 Å². The molecule has 2 heterocycles. The Kier molecular flexibility index (Phi) is 2.76. The van der Waals surface area contributed by atoms with Crippen LogP contribution in [0.3, 0.4) is 0 Å². The number of likely N-dealkylation sites (tertiary alicyclic amines) is 1. The molecule has 2 aliphatic heterocycles. The van der Waals surface area contributed by atoms with E-state index in [4.69, 9.17) is 0 Å². The van der Waals surface area contributed by atoms with Crippen LogP contribution in [0, 0.1) is 17.7 Å². The number of hydrogen-bond donors (Lipinski definition) is 2. The molecule has 0 radical (unpaired) electrons. The van der Waals surface area contributed by atoms with Crippen molar-refractivity contribution >= 4 is 0 Å². The molecule has 2 N–H and O–H groups in total. The normalized spacial score (nSPS) is 28.5. The quantitative estimate of drug-likeness (QED) is 0.809. The second kappa shape index (κ2) is 4.27. The van der Waals surface area contributed by atoms with Gasteiger partial charge in [0.1, 0.15) is 11.6 Å². The Morgan fingerprint density at radius 1 is 1.29 bits per heavy atom. The average Bonchev–Trinajstić information content (AvgIpc) is 2.83. The number of hydrogen-bond acceptors (Lipinski definition) is 3. The lowest BCUT2D eigenvalue weighted by Crippen LogP contribution is -2.25. The molecule has 0 aromatic heterocycles. The molecule has 4 heteroatoms. The maximum Gasteiger partial charge on any atom is 0.123 e. The Labute approximate surface area is 100 Å². The molecule has 3 rings (SSSR count). The zero-order valence-corrected chi connectivity index (χ0v) is 9.69. The van der Waals surface area contributed by atoms with Crippen LogP contribution in [-0.2, 0) is 6.54 Å². The molecule has 0 bridgehead atoms. The largest absolute Gasteiger partial charge is 0.508 e. The highest BCUT2D eigenvalue weighted by atomic mass is 19.1. The molecule has 1 aromatic rings. The van der Waals surface area contributed by atoms with Crippen molar-refractivity contribution in [3.8, 4) is 5.75 Å². The van der Waals surface area contributed by atoms with Crippen LogP contribution in [0.25, 0.3) is 0 Å². The number of nitrogens with one attached hydrogen (secondary N) is 1. The predicted octanol–water partition coefficient (Wildman–Crippen LogP) is 1.18. The van der Waals surface area contributed by atoms with E-state index in [-0.39, 0.29) is 11.6 Å². The van der Waals surface area contributed by atoms with E-state index >= 15 is 0 Å². The lowest BCUT2D eigenvalue weighted by Gasteiger charge is -2.17. The van der Waals surface area contributed by atoms with E-state index in [9.17, 15) is 9.50 Å². The second-order valence-corrected chi connectivity index (χ2v) is 5.15. The number of phenols is 1. The number of benzene rings is 1. The van der Waals surface area contributed by atoms with Gasteiger partial charge in [-0.15, -0.1) is 0 Å². The van der Waals surface area contributed by atoms with E-state index in [0.717, 1.165) is 38.0 Å². The third-order valence-corrected chi connectivity index (χ3v) is 3.90. The molecule has 1 aromatic carbocycles. The van der Waals surface area contributed by atoms with E-state index in [1.807, 2.05) is 0 Å². The van der Waals surface area contributed by atoms with Gasteiger partial charge in [0.2, 0.25) is 0 Å². The van der Waals surface area contributed by atoms with Gasteiger partial charge in [-0.05, 0) is 43.1 Å². The van der Waals surface area contributed by atoms with Crippen molar-refractivity contribution in [2.45, 2.75) is 6.54 Å². The van der Waals surface area contributed by atoms with Crippen LogP contribution >= 0.6 is 0 Å². The molecule has 3 nitrogen and oxygen atoms in total. The van der Waals surface area contributed by atoms with Crippen LogP contribution in [0.1, 0.15) is 5.56 Å². The van der Waals surface area contributed by atoms with E-state index in [1.54, 1.807) is 0 Å². The molecule has 0 aliphatic carbocycles. The number of rotatable bonds is 2. The average molecular weight is 236 g/mol. The van der Waals surface area contributed by atoms with Gasteiger partial charge in [0.15, 0.2) is 0 Å². The summed E-state index contributed by atoms with van der Waals surface area (Å²) in [4.78, 5) is 2.31. The molecule has 2 saturated heterocycles. The molecule has 2 fully saturated rings. The van der Waals surface area contributed by atoms with Gasteiger partial charge >= 0.3 is 0 Å². The van der Waals surface area contributed by atoms with Crippen LogP contribution in [0.5, 0.6) is 5.75 Å². The minimum atomic E-state index is -0.279. The Morgan fingerprint density at radius 3 is 2.71 bits per heavy atom. The minimum Gasteiger partial charge on any atom is -0.508 e. The highest BCUT2D eigenvalue weighted by molar-refractivity contribution is 5.32. The summed E-state index contributed by atoms with van der Waals surface area (Å²) in [5.74, 6) is 1.37. The van der Waals surface area contributed by atoms with E-state index in [0.29, 0.717) is 12.1 Å². The van der Waals surface area contributed by atoms with Crippen molar-refractivity contribution in [2.24, 2.45) is 11.8 Å². The maximum absolute atomic E-state index is 13.1. The first-order chi connectivity index (χ1) is 8.22. The first-order valence-electron chi connectivity index (χ1n) is 6.13. The van der Waals surface area contributed by atoms with Crippen molar-refractivity contribution in [3.05, 3.63) is 29.6 Å². The predicted molar refractivity (Wildman–Crippen MR) is 63.2 cm³/mol. The van der Waals surface area contributed by atoms with Gasteiger partial charge in [0.05, 0.1) is 0 Å². The third-order valence-electron chi connectivity index (χ3n) is 3.90. The molecule has 92 valence electrons. The summed E-state index contributed by atoms with van der Waals surface area (Å²) in [7, 11) is 0. The van der Waals surface area contributed by atoms with Crippen LogP contribution in [0.2, 0.25) is 0 Å². The topological polar surface area (TPSA) is 35.5 Å². The second-order valence-electron chi connectivity index (χ2n) is 5.15. The molecular weight excluding hydrogens is 219 g/mol. The summed E-state index contributed by atoms with van der Waals surface area (Å²) in [5, 5.41) is 13.1. The van der Waals surface area contributed by atoms with Crippen molar-refractivity contribution < 1.29 is 9.50 Å². The zero-order valence-electron chi connectivity index (χ0n) is 9.69. The first-order valence-corrected chi connectivity index (χ1v) is 6.13. The molecule has 0 saturated carbocycles. The Bertz CT molecular complexity index is 412. The molecule has 0 unspecified atom stereocenters. The van der Waals surface area contributed by atoms with Gasteiger partial charge in [-0.1, -0.05) is 0 Å². The lowest BCUT2D eigenvalue weighted by molar-refractivity contribution is 0.299. The summed E-state index contributed by atoms with van der Waals surface area (Å²) >= 11 is 0. The maximum atomic E-state index is 13.1. The Balaban J connectivity index is 1.69. The summed E-state index contributed by atoms with van der Waals surface area (Å²) in [6.07, 6.45) is 0. The monoisotopic (exact) mass is 236 g/mol. The molecule has 17 heavy (non-hydrogen) atoms. The minimum absolute atomic E-state index is 0.196. The van der Waals surface area contributed by atoms with Gasteiger partial charge in [-0.2, -0.15) is 0 Å². The fourth-order valence-electron chi connectivity index (χ4n) is 3.00. The third kappa shape index (κ3) is 2.15. The van der Waals surface area contributed by atoms with Crippen molar-refractivity contribution in [2.75, 3.05) is 26.2 Å². The molecule has 0 amide bonds. The van der Waals surface area contributed by atoms with Crippen LogP contribution in [-0.4, -0.2) is 36.2 Å². The fraction of sp³-hybridized carbons (Fsp3) is 0.538. The molecule has 2 atom stereocenters. The van der Waals surface area contributed by atoms with Crippen LogP contribution < -0.4 is 5.32 Å². The summed E-state index contributed by atoms with van der Waals surface area (Å²) in [6.45, 7) is 4.93. The van der Waals surface area contributed by atoms with E-state index in [2.05, 4.69) is 10.2 Å².